The first kappa shape index (κ1) is 17.5. The minimum atomic E-state index is -0.0238. The number of amides is 1. The molecule has 2 aliphatic carbocycles. The third kappa shape index (κ3) is 3.24. The normalized spacial score (nSPS) is 26.8. The molecule has 5 nitrogen and oxygen atoms in total. The Labute approximate surface area is 155 Å². The molecule has 1 saturated carbocycles. The molecule has 2 aromatic rings. The van der Waals surface area contributed by atoms with Crippen molar-refractivity contribution in [1.82, 2.24) is 19.9 Å². The second kappa shape index (κ2) is 7.37. The number of carbonyl (C=O) groups is 1. The van der Waals surface area contributed by atoms with Crippen LogP contribution in [-0.2, 0) is 12.8 Å². The van der Waals surface area contributed by atoms with Crippen LogP contribution in [0.4, 0.5) is 0 Å². The summed E-state index contributed by atoms with van der Waals surface area (Å²) in [6, 6.07) is 0.255. The number of aromatic nitrogens is 3. The molecule has 1 fully saturated rings. The number of carbonyl (C=O) groups excluding carboxylic acids is 1. The number of hydrogen-bond donors (Lipinski definition) is 1. The third-order valence-corrected chi connectivity index (χ3v) is 6.59. The molecule has 0 spiro atoms. The Balaban J connectivity index is 1.60. The highest BCUT2D eigenvalue weighted by molar-refractivity contribution is 5.99. The number of hydrogen-bond acceptors (Lipinski definition) is 3. The maximum absolute atomic E-state index is 12.9. The van der Waals surface area contributed by atoms with E-state index in [-0.39, 0.29) is 11.9 Å². The monoisotopic (exact) mass is 354 g/mol. The van der Waals surface area contributed by atoms with Gasteiger partial charge in [0.25, 0.3) is 5.91 Å². The molecule has 1 N–H and O–H groups in total. The van der Waals surface area contributed by atoms with Crippen molar-refractivity contribution in [1.29, 1.82) is 0 Å². The van der Waals surface area contributed by atoms with Gasteiger partial charge in [-0.2, -0.15) is 5.10 Å². The first-order chi connectivity index (χ1) is 12.6. The maximum Gasteiger partial charge on any atom is 0.256 e. The topological polar surface area (TPSA) is 59.3 Å². The molecule has 4 rings (SSSR count). The van der Waals surface area contributed by atoms with Gasteiger partial charge in [0.15, 0.2) is 5.65 Å². The lowest BCUT2D eigenvalue weighted by molar-refractivity contribution is 0.0892. The van der Waals surface area contributed by atoms with Crippen LogP contribution >= 0.6 is 0 Å². The molecule has 0 unspecified atom stereocenters. The van der Waals surface area contributed by atoms with E-state index in [1.807, 2.05) is 10.7 Å². The summed E-state index contributed by atoms with van der Waals surface area (Å²) in [5, 5.41) is 7.81. The van der Waals surface area contributed by atoms with Crippen LogP contribution in [0.2, 0.25) is 0 Å². The SMILES string of the molecule is C[C@@H]1[C@H](C)CCC[C@H]1NC(=O)c1cnn2c3c(cnc12)CCCCCC3. The van der Waals surface area contributed by atoms with Crippen molar-refractivity contribution in [3.05, 3.63) is 29.2 Å². The Morgan fingerprint density at radius 1 is 1.08 bits per heavy atom. The smallest absolute Gasteiger partial charge is 0.256 e. The lowest BCUT2D eigenvalue weighted by Gasteiger charge is -2.34. The molecule has 0 aromatic carbocycles. The molecule has 0 aliphatic heterocycles. The standard InChI is InChI=1S/C21H30N4O/c1-14-8-7-10-18(15(14)2)24-21(26)17-13-23-25-19-11-6-4-3-5-9-16(19)12-22-20(17)25/h12-15,18H,3-11H2,1-2H3,(H,24,26)/t14-,15-,18-/m1/s1. The molecule has 2 aliphatic rings. The molecule has 3 atom stereocenters. The summed E-state index contributed by atoms with van der Waals surface area (Å²) in [6.45, 7) is 4.55. The second-order valence-corrected chi connectivity index (χ2v) is 8.29. The van der Waals surface area contributed by atoms with Gasteiger partial charge in [-0.15, -0.1) is 0 Å². The van der Waals surface area contributed by atoms with Crippen molar-refractivity contribution >= 4 is 11.6 Å². The van der Waals surface area contributed by atoms with E-state index in [0.717, 1.165) is 19.3 Å². The van der Waals surface area contributed by atoms with E-state index >= 15 is 0 Å². The van der Waals surface area contributed by atoms with Gasteiger partial charge in [-0.3, -0.25) is 4.79 Å². The van der Waals surface area contributed by atoms with Crippen LogP contribution in [0.1, 0.15) is 80.4 Å². The summed E-state index contributed by atoms with van der Waals surface area (Å²) in [7, 11) is 0. The van der Waals surface area contributed by atoms with E-state index in [0.29, 0.717) is 23.0 Å². The van der Waals surface area contributed by atoms with E-state index in [4.69, 9.17) is 0 Å². The van der Waals surface area contributed by atoms with Gasteiger partial charge in [-0.25, -0.2) is 9.50 Å². The van der Waals surface area contributed by atoms with E-state index in [1.165, 1.54) is 49.8 Å². The quantitative estimate of drug-likeness (QED) is 0.888. The Bertz CT molecular complexity index is 797. The van der Waals surface area contributed by atoms with Gasteiger partial charge in [0.05, 0.1) is 6.20 Å². The Morgan fingerprint density at radius 3 is 2.73 bits per heavy atom. The maximum atomic E-state index is 12.9. The van der Waals surface area contributed by atoms with Crippen LogP contribution in [-0.4, -0.2) is 26.5 Å². The number of rotatable bonds is 2. The Morgan fingerprint density at radius 2 is 1.88 bits per heavy atom. The van der Waals surface area contributed by atoms with E-state index in [1.54, 1.807) is 6.20 Å². The minimum Gasteiger partial charge on any atom is -0.349 e. The molecule has 140 valence electrons. The molecular weight excluding hydrogens is 324 g/mol. The minimum absolute atomic E-state index is 0.0238. The van der Waals surface area contributed by atoms with Crippen molar-refractivity contribution in [2.75, 3.05) is 0 Å². The molecule has 0 bridgehead atoms. The number of nitrogens with one attached hydrogen (secondary N) is 1. The van der Waals surface area contributed by atoms with Crippen molar-refractivity contribution in [3.63, 3.8) is 0 Å². The fourth-order valence-corrected chi connectivity index (χ4v) is 4.64. The molecule has 26 heavy (non-hydrogen) atoms. The van der Waals surface area contributed by atoms with Gasteiger partial charge >= 0.3 is 0 Å². The lowest BCUT2D eigenvalue weighted by atomic mass is 9.78. The van der Waals surface area contributed by atoms with Crippen molar-refractivity contribution < 1.29 is 4.79 Å². The predicted octanol–water partition coefficient (Wildman–Crippen LogP) is 3.94. The van der Waals surface area contributed by atoms with Gasteiger partial charge in [-0.1, -0.05) is 39.5 Å². The fraction of sp³-hybridized carbons (Fsp3) is 0.667. The summed E-state index contributed by atoms with van der Waals surface area (Å²) in [5.41, 5.74) is 3.86. The van der Waals surface area contributed by atoms with E-state index in [2.05, 4.69) is 29.2 Å². The van der Waals surface area contributed by atoms with Crippen LogP contribution < -0.4 is 5.32 Å². The predicted molar refractivity (Wildman–Crippen MR) is 102 cm³/mol. The summed E-state index contributed by atoms with van der Waals surface area (Å²) in [6.07, 6.45) is 14.3. The van der Waals surface area contributed by atoms with Crippen molar-refractivity contribution in [2.24, 2.45) is 11.8 Å². The highest BCUT2D eigenvalue weighted by Gasteiger charge is 2.29. The zero-order valence-electron chi connectivity index (χ0n) is 16.0. The van der Waals surface area contributed by atoms with Crippen LogP contribution in [0.25, 0.3) is 5.65 Å². The fourth-order valence-electron chi connectivity index (χ4n) is 4.64. The van der Waals surface area contributed by atoms with Crippen LogP contribution in [0, 0.1) is 11.8 Å². The van der Waals surface area contributed by atoms with Gasteiger partial charge in [0.1, 0.15) is 5.56 Å². The number of aryl methyl sites for hydroxylation is 2. The number of fused-ring (bicyclic) bond motifs is 3. The zero-order valence-corrected chi connectivity index (χ0v) is 16.0. The summed E-state index contributed by atoms with van der Waals surface area (Å²) in [5.74, 6) is 1.16. The summed E-state index contributed by atoms with van der Waals surface area (Å²) in [4.78, 5) is 17.5. The average Bonchev–Trinajstić information content (AvgIpc) is 3.03. The molecule has 5 heteroatoms. The van der Waals surface area contributed by atoms with Crippen LogP contribution in [0.3, 0.4) is 0 Å². The zero-order chi connectivity index (χ0) is 18.1. The highest BCUT2D eigenvalue weighted by Crippen LogP contribution is 2.30. The highest BCUT2D eigenvalue weighted by atomic mass is 16.1. The molecule has 2 heterocycles. The lowest BCUT2D eigenvalue weighted by Crippen LogP contribution is -2.43. The van der Waals surface area contributed by atoms with E-state index in [9.17, 15) is 4.79 Å². The molecule has 0 radical (unpaired) electrons. The van der Waals surface area contributed by atoms with Crippen molar-refractivity contribution in [2.45, 2.75) is 77.7 Å². The summed E-state index contributed by atoms with van der Waals surface area (Å²) < 4.78 is 1.92. The van der Waals surface area contributed by atoms with E-state index < -0.39 is 0 Å². The third-order valence-electron chi connectivity index (χ3n) is 6.59. The molecule has 0 saturated heterocycles. The Hall–Kier alpha value is -1.91. The van der Waals surface area contributed by atoms with Crippen LogP contribution in [0.5, 0.6) is 0 Å². The second-order valence-electron chi connectivity index (χ2n) is 8.29. The molecule has 2 aromatic heterocycles. The van der Waals surface area contributed by atoms with Crippen LogP contribution in [0.15, 0.2) is 12.4 Å². The van der Waals surface area contributed by atoms with Gasteiger partial charge in [0.2, 0.25) is 0 Å². The molecule has 1 amide bonds. The Kier molecular flexibility index (Phi) is 4.96. The molecular formula is C21H30N4O. The van der Waals surface area contributed by atoms with Crippen molar-refractivity contribution in [3.8, 4) is 0 Å². The first-order valence-electron chi connectivity index (χ1n) is 10.3. The van der Waals surface area contributed by atoms with Gasteiger partial charge in [0, 0.05) is 17.9 Å². The first-order valence-corrected chi connectivity index (χ1v) is 10.3. The number of nitrogens with zero attached hydrogens (tertiary/aromatic N) is 3. The van der Waals surface area contributed by atoms with Gasteiger partial charge < -0.3 is 5.32 Å². The summed E-state index contributed by atoms with van der Waals surface area (Å²) >= 11 is 0. The average molecular weight is 354 g/mol. The largest absolute Gasteiger partial charge is 0.349 e. The van der Waals surface area contributed by atoms with Gasteiger partial charge in [-0.05, 0) is 49.5 Å².